The molecule has 8 nitrogen and oxygen atoms in total. The van der Waals surface area contributed by atoms with Crippen molar-refractivity contribution >= 4 is 28.6 Å². The van der Waals surface area contributed by atoms with Crippen molar-refractivity contribution in [1.82, 2.24) is 19.4 Å². The van der Waals surface area contributed by atoms with Gasteiger partial charge in [-0.3, -0.25) is 4.90 Å². The van der Waals surface area contributed by atoms with E-state index in [4.69, 9.17) is 31.0 Å². The fourth-order valence-electron chi connectivity index (χ4n) is 6.02. The van der Waals surface area contributed by atoms with Crippen molar-refractivity contribution < 1.29 is 23.8 Å². The fourth-order valence-corrected chi connectivity index (χ4v) is 6.18. The molecular weight excluding hydrogens is 559 g/mol. The number of aromatic carboxylic acids is 1. The summed E-state index contributed by atoms with van der Waals surface area (Å²) in [5.74, 6) is 0.905. The zero-order chi connectivity index (χ0) is 29.2. The molecule has 6 rings (SSSR count). The molecule has 10 heteroatoms. The third-order valence-corrected chi connectivity index (χ3v) is 8.78. The molecule has 3 heterocycles. The number of hydrogen-bond donors (Lipinski definition) is 1. The van der Waals surface area contributed by atoms with Crippen molar-refractivity contribution in [3.05, 3.63) is 88.1 Å². The molecule has 4 aromatic rings. The van der Waals surface area contributed by atoms with Crippen LogP contribution in [0.25, 0.3) is 11.0 Å². The number of piperidine rings is 1. The number of halogens is 2. The van der Waals surface area contributed by atoms with Crippen LogP contribution in [0, 0.1) is 11.7 Å². The van der Waals surface area contributed by atoms with E-state index < -0.39 is 11.8 Å². The second-order valence-electron chi connectivity index (χ2n) is 11.3. The number of imidazole rings is 1. The highest BCUT2D eigenvalue weighted by molar-refractivity contribution is 6.30. The first-order valence-corrected chi connectivity index (χ1v) is 14.8. The van der Waals surface area contributed by atoms with E-state index >= 15 is 0 Å². The molecule has 220 valence electrons. The van der Waals surface area contributed by atoms with Gasteiger partial charge in [0.05, 0.1) is 29.2 Å². The maximum Gasteiger partial charge on any atom is 0.335 e. The van der Waals surface area contributed by atoms with E-state index in [2.05, 4.69) is 9.47 Å². The van der Waals surface area contributed by atoms with Crippen LogP contribution >= 0.6 is 11.6 Å². The maximum absolute atomic E-state index is 14.1. The van der Waals surface area contributed by atoms with Crippen LogP contribution in [0.3, 0.4) is 0 Å². The molecule has 2 aromatic carbocycles. The van der Waals surface area contributed by atoms with Gasteiger partial charge in [0, 0.05) is 41.9 Å². The third kappa shape index (κ3) is 6.28. The summed E-state index contributed by atoms with van der Waals surface area (Å²) in [6, 6.07) is 15.5. The van der Waals surface area contributed by atoms with Crippen LogP contribution < -0.4 is 4.74 Å². The molecular formula is C32H34ClFN4O4. The van der Waals surface area contributed by atoms with Crippen LogP contribution in [0.2, 0.25) is 5.02 Å². The Morgan fingerprint density at radius 2 is 1.90 bits per heavy atom. The molecule has 0 spiro atoms. The zero-order valence-corrected chi connectivity index (χ0v) is 24.3. The molecule has 1 saturated carbocycles. The predicted molar refractivity (Wildman–Crippen MR) is 157 cm³/mol. The number of carbonyl (C=O) groups is 1. The normalized spacial score (nSPS) is 19.6. The zero-order valence-electron chi connectivity index (χ0n) is 23.5. The van der Waals surface area contributed by atoms with Crippen molar-refractivity contribution in [1.29, 1.82) is 0 Å². The Morgan fingerprint density at radius 3 is 2.64 bits per heavy atom. The number of nitrogens with zero attached hydrogens (tertiary/aromatic N) is 4. The highest BCUT2D eigenvalue weighted by Crippen LogP contribution is 2.34. The van der Waals surface area contributed by atoms with Gasteiger partial charge in [0.15, 0.2) is 0 Å². The molecule has 0 unspecified atom stereocenters. The van der Waals surface area contributed by atoms with E-state index in [0.29, 0.717) is 41.0 Å². The van der Waals surface area contributed by atoms with E-state index in [-0.39, 0.29) is 12.2 Å². The average molecular weight is 593 g/mol. The van der Waals surface area contributed by atoms with Crippen LogP contribution in [0.15, 0.2) is 54.6 Å². The van der Waals surface area contributed by atoms with Crippen molar-refractivity contribution in [2.24, 2.45) is 5.92 Å². The number of ether oxygens (including phenoxy) is 2. The monoisotopic (exact) mass is 592 g/mol. The van der Waals surface area contributed by atoms with Crippen molar-refractivity contribution in [2.75, 3.05) is 20.2 Å². The Bertz CT molecular complexity index is 1580. The van der Waals surface area contributed by atoms with Gasteiger partial charge in [-0.25, -0.2) is 19.2 Å². The number of aromatic nitrogens is 3. The number of rotatable bonds is 10. The minimum Gasteiger partial charge on any atom is -0.478 e. The summed E-state index contributed by atoms with van der Waals surface area (Å²) in [6.07, 6.45) is 4.21. The summed E-state index contributed by atoms with van der Waals surface area (Å²) in [4.78, 5) is 23.7. The van der Waals surface area contributed by atoms with Gasteiger partial charge in [-0.05, 0) is 81.1 Å². The predicted octanol–water partition coefficient (Wildman–Crippen LogP) is 6.31. The minimum absolute atomic E-state index is 0.0832. The Balaban J connectivity index is 1.11. The molecule has 0 atom stereocenters. The number of likely N-dealkylation sites (tertiary alicyclic amines) is 1. The lowest BCUT2D eigenvalue weighted by Gasteiger charge is -2.35. The molecule has 0 bridgehead atoms. The Labute approximate surface area is 249 Å². The summed E-state index contributed by atoms with van der Waals surface area (Å²) in [7, 11) is 1.75. The van der Waals surface area contributed by atoms with E-state index in [9.17, 15) is 14.3 Å². The number of benzene rings is 2. The minimum atomic E-state index is -0.934. The summed E-state index contributed by atoms with van der Waals surface area (Å²) < 4.78 is 27.6. The van der Waals surface area contributed by atoms with Crippen molar-refractivity contribution in [2.45, 2.75) is 57.4 Å². The van der Waals surface area contributed by atoms with Crippen LogP contribution in [0.1, 0.15) is 59.0 Å². The Morgan fingerprint density at radius 1 is 1.10 bits per heavy atom. The molecule has 1 saturated heterocycles. The highest BCUT2D eigenvalue weighted by Gasteiger charge is 2.31. The molecule has 2 fully saturated rings. The Kier molecular flexibility index (Phi) is 8.42. The molecule has 0 radical (unpaired) electrons. The molecule has 2 aromatic heterocycles. The second-order valence-corrected chi connectivity index (χ2v) is 11.8. The highest BCUT2D eigenvalue weighted by atomic mass is 35.5. The van der Waals surface area contributed by atoms with Gasteiger partial charge in [0.1, 0.15) is 18.2 Å². The standard InChI is InChI=1S/C32H34ClFN4O4/c1-41-25-13-20(14-25)17-38-29-15-22(32(39)40)6-8-28(29)35-30(38)18-37-11-9-21(10-12-37)27-3-2-4-31(36-27)42-19-23-5-7-24(33)16-26(23)34/h2-8,15-16,20-21,25H,9-14,17-19H2,1H3,(H,39,40). The van der Waals surface area contributed by atoms with Gasteiger partial charge < -0.3 is 19.1 Å². The number of fused-ring (bicyclic) bond motifs is 1. The van der Waals surface area contributed by atoms with Crippen molar-refractivity contribution in [3.63, 3.8) is 0 Å². The van der Waals surface area contributed by atoms with Gasteiger partial charge in [0.25, 0.3) is 0 Å². The van der Waals surface area contributed by atoms with Crippen LogP contribution in [-0.4, -0.2) is 56.8 Å². The first-order chi connectivity index (χ1) is 20.4. The molecule has 42 heavy (non-hydrogen) atoms. The third-order valence-electron chi connectivity index (χ3n) is 8.55. The average Bonchev–Trinajstić information content (AvgIpc) is 3.30. The van der Waals surface area contributed by atoms with E-state index in [1.54, 1.807) is 37.4 Å². The van der Waals surface area contributed by atoms with E-state index in [1.807, 2.05) is 18.2 Å². The van der Waals surface area contributed by atoms with Crippen molar-refractivity contribution in [3.8, 4) is 5.88 Å². The SMILES string of the molecule is COC1CC(Cn2c(CN3CCC(c4cccc(OCc5ccc(Cl)cc5F)n4)CC3)nc3ccc(C(=O)O)cc32)C1. The quantitative estimate of drug-likeness (QED) is 0.231. The Hall–Kier alpha value is -3.53. The molecule has 1 aliphatic heterocycles. The van der Waals surface area contributed by atoms with E-state index in [1.165, 1.54) is 6.07 Å². The smallest absolute Gasteiger partial charge is 0.335 e. The van der Waals surface area contributed by atoms with Gasteiger partial charge in [-0.15, -0.1) is 0 Å². The lowest BCUT2D eigenvalue weighted by atomic mass is 9.82. The van der Waals surface area contributed by atoms with Gasteiger partial charge in [-0.2, -0.15) is 0 Å². The maximum atomic E-state index is 14.1. The van der Waals surface area contributed by atoms with Gasteiger partial charge >= 0.3 is 5.97 Å². The first kappa shape index (κ1) is 28.6. The summed E-state index contributed by atoms with van der Waals surface area (Å²) in [5, 5.41) is 9.91. The number of methoxy groups -OCH3 is 1. The molecule has 1 N–H and O–H groups in total. The van der Waals surface area contributed by atoms with Crippen LogP contribution in [-0.2, 0) is 24.4 Å². The van der Waals surface area contributed by atoms with Crippen LogP contribution in [0.4, 0.5) is 4.39 Å². The van der Waals surface area contributed by atoms with Gasteiger partial charge in [0.2, 0.25) is 5.88 Å². The van der Waals surface area contributed by atoms with E-state index in [0.717, 1.165) is 67.9 Å². The first-order valence-electron chi connectivity index (χ1n) is 14.4. The lowest BCUT2D eigenvalue weighted by molar-refractivity contribution is -0.00445. The topological polar surface area (TPSA) is 89.7 Å². The summed E-state index contributed by atoms with van der Waals surface area (Å²) >= 11 is 5.85. The lowest BCUT2D eigenvalue weighted by Crippen LogP contribution is -2.35. The fraction of sp³-hybridized carbons (Fsp3) is 0.406. The largest absolute Gasteiger partial charge is 0.478 e. The molecule has 1 aliphatic carbocycles. The molecule has 0 amide bonds. The summed E-state index contributed by atoms with van der Waals surface area (Å²) in [6.45, 7) is 3.38. The van der Waals surface area contributed by atoms with Gasteiger partial charge in [-0.1, -0.05) is 23.7 Å². The number of carboxylic acid groups (broad SMARTS) is 1. The van der Waals surface area contributed by atoms with Crippen LogP contribution in [0.5, 0.6) is 5.88 Å². The number of hydrogen-bond acceptors (Lipinski definition) is 6. The summed E-state index contributed by atoms with van der Waals surface area (Å²) in [5.41, 5.74) is 3.39. The number of carboxylic acids is 1. The second kappa shape index (κ2) is 12.4. The molecule has 2 aliphatic rings. The number of pyridine rings is 1.